The molecule has 4 fully saturated rings. The number of benzene rings is 15. The number of hydrogen-bond donors (Lipinski definition) is 0. The Kier molecular flexibility index (Phi) is 13.1. The first kappa shape index (κ1) is 64.4. The maximum atomic E-state index is 2.91. The molecule has 8 aliphatic rings. The highest BCUT2D eigenvalue weighted by molar-refractivity contribution is 7.27. The number of hydrogen-bond acceptors (Lipinski definition) is 6. The summed E-state index contributed by atoms with van der Waals surface area (Å²) < 4.78 is 10.5. The van der Waals surface area contributed by atoms with Gasteiger partial charge in [0.25, 0.3) is 6.71 Å². The average Bonchev–Trinajstić information content (AvgIpc) is 1.40. The number of nitrogens with zero attached hydrogens (tertiary/aromatic N) is 2. The molecule has 6 aliphatic carbocycles. The molecular formula is C106H75BN2S4. The van der Waals surface area contributed by atoms with Crippen LogP contribution in [0.5, 0.6) is 0 Å². The first-order valence-corrected chi connectivity index (χ1v) is 44.0. The minimum Gasteiger partial charge on any atom is -0.310 e. The van der Waals surface area contributed by atoms with E-state index in [0.717, 1.165) is 0 Å². The molecular weight excluding hydrogens is 1440 g/mol. The molecule has 0 radical (unpaired) electrons. The van der Waals surface area contributed by atoms with Crippen LogP contribution in [-0.4, -0.2) is 6.71 Å². The monoisotopic (exact) mass is 1510 g/mol. The molecule has 0 atom stereocenters. The molecule has 2 aliphatic heterocycles. The summed E-state index contributed by atoms with van der Waals surface area (Å²) in [6.07, 6.45) is 7.76. The van der Waals surface area contributed by atoms with Crippen molar-refractivity contribution in [3.63, 3.8) is 0 Å². The fourth-order valence-electron chi connectivity index (χ4n) is 23.7. The van der Waals surface area contributed by atoms with Crippen molar-refractivity contribution in [2.24, 2.45) is 17.8 Å². The Morgan fingerprint density at radius 1 is 0.274 bits per heavy atom. The Hall–Kier alpha value is -11.2. The summed E-state index contributed by atoms with van der Waals surface area (Å²) in [7, 11) is 0. The van der Waals surface area contributed by atoms with E-state index >= 15 is 0 Å². The van der Waals surface area contributed by atoms with Crippen LogP contribution in [0.1, 0.15) is 94.0 Å². The topological polar surface area (TPSA) is 6.48 Å². The molecule has 0 saturated heterocycles. The van der Waals surface area contributed by atoms with E-state index in [2.05, 4.69) is 329 Å². The quantitative estimate of drug-likeness (QED) is 0.147. The summed E-state index contributed by atoms with van der Waals surface area (Å²) in [5, 5.41) is 10.5. The summed E-state index contributed by atoms with van der Waals surface area (Å²) in [6.45, 7) is 9.79. The van der Waals surface area contributed by atoms with E-state index in [9.17, 15) is 0 Å². The SMILES string of the molecule is CC1(C)c2ccccc2-c2cc3c(cc21)N(c1c(-c2ccc4sc5ccccc5c4c2)cccc1-c1ccc2sc4ccccc4c2c1)c1cc(C24CC5CC(CC(C5)C2)C4)cc2c1B3c1cc3c(cc1N2c1c(-c2ccc4sc5ccccc5c4c2)cccc1-c1ccc2sc4ccccc4c2c1)C(C)(C)c1ccccc1-3. The second-order valence-electron chi connectivity index (χ2n) is 35.1. The zero-order valence-corrected chi connectivity index (χ0v) is 66.6. The highest BCUT2D eigenvalue weighted by Gasteiger charge is 2.55. The van der Waals surface area contributed by atoms with Crippen molar-refractivity contribution in [2.75, 3.05) is 9.80 Å². The van der Waals surface area contributed by atoms with Gasteiger partial charge in [-0.15, -0.1) is 45.3 Å². The molecule has 0 amide bonds. The molecule has 4 saturated carbocycles. The molecule has 0 N–H and O–H groups in total. The number of rotatable bonds is 7. The van der Waals surface area contributed by atoms with Crippen molar-refractivity contribution in [1.82, 2.24) is 0 Å². The molecule has 7 heteroatoms. The largest absolute Gasteiger partial charge is 0.310 e. The smallest absolute Gasteiger partial charge is 0.252 e. The van der Waals surface area contributed by atoms with Gasteiger partial charge in [0.2, 0.25) is 0 Å². The summed E-state index contributed by atoms with van der Waals surface area (Å²) in [5.74, 6) is 2.14. The van der Waals surface area contributed by atoms with E-state index in [-0.39, 0.29) is 23.0 Å². The Morgan fingerprint density at radius 2 is 0.584 bits per heavy atom. The number of anilines is 6. The highest BCUT2D eigenvalue weighted by atomic mass is 32.1. The highest BCUT2D eigenvalue weighted by Crippen LogP contribution is 2.64. The van der Waals surface area contributed by atoms with Crippen molar-refractivity contribution < 1.29 is 0 Å². The maximum absolute atomic E-state index is 2.91. The molecule has 4 aromatic heterocycles. The van der Waals surface area contributed by atoms with E-state index in [4.69, 9.17) is 0 Å². The Labute approximate surface area is 673 Å². The van der Waals surface area contributed by atoms with Crippen LogP contribution in [0.25, 0.3) is 147 Å². The van der Waals surface area contributed by atoms with Crippen LogP contribution in [0.2, 0.25) is 0 Å². The van der Waals surface area contributed by atoms with Gasteiger partial charge in [-0.05, 0) is 247 Å². The van der Waals surface area contributed by atoms with Crippen LogP contribution >= 0.6 is 45.3 Å². The van der Waals surface area contributed by atoms with Gasteiger partial charge in [-0.25, -0.2) is 0 Å². The van der Waals surface area contributed by atoms with Gasteiger partial charge in [0.05, 0.1) is 11.4 Å². The van der Waals surface area contributed by atoms with E-state index < -0.39 is 0 Å². The number of para-hydroxylation sites is 2. The van der Waals surface area contributed by atoms with Crippen LogP contribution in [0.4, 0.5) is 34.1 Å². The van der Waals surface area contributed by atoms with Crippen molar-refractivity contribution in [3.05, 3.63) is 319 Å². The Balaban J connectivity index is 0.844. The minimum atomic E-state index is -0.300. The maximum Gasteiger partial charge on any atom is 0.252 e. The van der Waals surface area contributed by atoms with Gasteiger partial charge < -0.3 is 9.80 Å². The normalized spacial score (nSPS) is 19.0. The third-order valence-corrected chi connectivity index (χ3v) is 33.0. The van der Waals surface area contributed by atoms with E-state index in [1.165, 1.54) is 264 Å². The van der Waals surface area contributed by atoms with Crippen LogP contribution in [0.3, 0.4) is 0 Å². The third-order valence-electron chi connectivity index (χ3n) is 28.4. The molecule has 6 heterocycles. The van der Waals surface area contributed by atoms with Gasteiger partial charge in [0.1, 0.15) is 0 Å². The standard InChI is InChI=1S/C106H75BN2S4/c1-104(2)83-29-11-5-19-71(83)77-52-87-89(54-85(77)104)108(102-67(62-35-39-97-79(46-62)73-21-7-13-31-93(73)110-97)25-17-26-68(102)63-36-40-98-80(47-63)74-22-8-14-32-94(74)111-98)91-50-66(106-56-59-43-60(57-106)45-61(44-59)58-106)51-92-101(91)107(87)88-53-78-72-20-6-12-30-84(72)105(3,4)86(78)55-90(88)109(92)103-69(64-37-41-99-81(48-64)75-23-9-15-33-95(75)112-99)27-18-28-70(103)65-38-42-100-82(49-65)76-24-10-16-34-96(76)113-100/h5-42,46-55,59-61H,43-45,56-58H2,1-4H3. The van der Waals surface area contributed by atoms with Crippen LogP contribution < -0.4 is 26.2 Å². The molecule has 0 unspecified atom stereocenters. The van der Waals surface area contributed by atoms with E-state index in [1.807, 2.05) is 45.3 Å². The minimum absolute atomic E-state index is 0.0202. The lowest BCUT2D eigenvalue weighted by Gasteiger charge is -2.57. The molecule has 2 nitrogen and oxygen atoms in total. The third kappa shape index (κ3) is 8.95. The van der Waals surface area contributed by atoms with Gasteiger partial charge in [0.15, 0.2) is 0 Å². The van der Waals surface area contributed by atoms with Gasteiger partial charge in [-0.1, -0.05) is 222 Å². The van der Waals surface area contributed by atoms with Crippen LogP contribution in [-0.2, 0) is 16.2 Å². The zero-order chi connectivity index (χ0) is 74.2. The van der Waals surface area contributed by atoms with Crippen molar-refractivity contribution in [1.29, 1.82) is 0 Å². The Morgan fingerprint density at radius 3 is 0.938 bits per heavy atom. The first-order valence-electron chi connectivity index (χ1n) is 40.7. The lowest BCUT2D eigenvalue weighted by molar-refractivity contribution is -0.00514. The van der Waals surface area contributed by atoms with Gasteiger partial charge in [-0.3, -0.25) is 0 Å². The van der Waals surface area contributed by atoms with Gasteiger partial charge in [0, 0.05) is 137 Å². The predicted molar refractivity (Wildman–Crippen MR) is 489 cm³/mol. The Bertz CT molecular complexity index is 6760. The summed E-state index contributed by atoms with van der Waals surface area (Å²) in [5.41, 5.74) is 33.2. The zero-order valence-electron chi connectivity index (χ0n) is 63.3. The second kappa shape index (κ2) is 23.0. The summed E-state index contributed by atoms with van der Waals surface area (Å²) in [6, 6.07) is 116. The molecule has 536 valence electrons. The molecule has 0 spiro atoms. The van der Waals surface area contributed by atoms with E-state index in [0.29, 0.717) is 17.8 Å². The fraction of sp³-hybridized carbons (Fsp3) is 0.151. The molecule has 19 aromatic rings. The number of fused-ring (bicyclic) bond motifs is 22. The number of thiophene rings is 4. The molecule has 15 aromatic carbocycles. The van der Waals surface area contributed by atoms with Crippen LogP contribution in [0.15, 0.2) is 291 Å². The summed E-state index contributed by atoms with van der Waals surface area (Å²) >= 11 is 7.63. The molecule has 113 heavy (non-hydrogen) atoms. The lowest BCUT2D eigenvalue weighted by Crippen LogP contribution is -2.62. The first-order chi connectivity index (χ1) is 55.4. The predicted octanol–water partition coefficient (Wildman–Crippen LogP) is 29.0. The van der Waals surface area contributed by atoms with Crippen LogP contribution in [0, 0.1) is 17.8 Å². The van der Waals surface area contributed by atoms with Crippen molar-refractivity contribution in [2.45, 2.75) is 82.5 Å². The van der Waals surface area contributed by atoms with Gasteiger partial charge in [-0.2, -0.15) is 0 Å². The van der Waals surface area contributed by atoms with Crippen molar-refractivity contribution in [3.8, 4) is 66.8 Å². The molecule has 4 bridgehead atoms. The van der Waals surface area contributed by atoms with Gasteiger partial charge >= 0.3 is 0 Å². The van der Waals surface area contributed by atoms with Crippen molar-refractivity contribution >= 4 is 183 Å². The fourth-order valence-corrected chi connectivity index (χ4v) is 28.1. The summed E-state index contributed by atoms with van der Waals surface area (Å²) in [4.78, 5) is 5.83. The lowest BCUT2D eigenvalue weighted by atomic mass is 9.33. The second-order valence-corrected chi connectivity index (χ2v) is 39.5. The average molecular weight is 1520 g/mol. The van der Waals surface area contributed by atoms with E-state index in [1.54, 1.807) is 0 Å². The molecule has 27 rings (SSSR count).